The minimum absolute atomic E-state index is 0. The lowest BCUT2D eigenvalue weighted by atomic mass is 10.2. The third kappa shape index (κ3) is 4.82. The third-order valence-corrected chi connectivity index (χ3v) is 3.38. The molecule has 1 heterocycles. The number of nitrogens with two attached hydrogens (primary N) is 1. The van der Waals surface area contributed by atoms with Gasteiger partial charge in [-0.1, -0.05) is 30.3 Å². The molecule has 3 N–H and O–H groups in total. The Morgan fingerprint density at radius 2 is 1.96 bits per heavy atom. The average Bonchev–Trinajstić information content (AvgIpc) is 3.03. The molecule has 0 unspecified atom stereocenters. The highest BCUT2D eigenvalue weighted by Gasteiger charge is 2.01. The van der Waals surface area contributed by atoms with Crippen molar-refractivity contribution in [2.24, 2.45) is 10.7 Å². The summed E-state index contributed by atoms with van der Waals surface area (Å²) in [7, 11) is 0. The number of anilines is 1. The van der Waals surface area contributed by atoms with Crippen molar-refractivity contribution in [3.05, 3.63) is 78.1 Å². The molecule has 0 fully saturated rings. The number of aromatic nitrogens is 2. The summed E-state index contributed by atoms with van der Waals surface area (Å²) in [5, 5.41) is 7.44. The van der Waals surface area contributed by atoms with Gasteiger partial charge in [0.25, 0.3) is 0 Å². The van der Waals surface area contributed by atoms with Crippen molar-refractivity contribution in [3.8, 4) is 5.69 Å². The van der Waals surface area contributed by atoms with Crippen molar-refractivity contribution in [1.29, 1.82) is 0 Å². The first kappa shape index (κ1) is 18.0. The van der Waals surface area contributed by atoms with E-state index < -0.39 is 0 Å². The number of guanidine groups is 1. The van der Waals surface area contributed by atoms with Crippen molar-refractivity contribution in [3.63, 3.8) is 0 Å². The van der Waals surface area contributed by atoms with E-state index in [-0.39, 0.29) is 24.0 Å². The molecule has 3 rings (SSSR count). The normalized spacial score (nSPS) is 11.0. The van der Waals surface area contributed by atoms with Crippen LogP contribution >= 0.6 is 24.0 Å². The van der Waals surface area contributed by atoms with Crippen molar-refractivity contribution in [2.75, 3.05) is 5.32 Å². The van der Waals surface area contributed by atoms with Gasteiger partial charge in [-0.25, -0.2) is 9.67 Å². The molecule has 0 radical (unpaired) electrons. The fraction of sp³-hybridized carbons (Fsp3) is 0.111. The SMILES string of the molecule is Cc1cccc(NC(N)=NCc2cnn(-c3ccccc3)c2)c1.I. The lowest BCUT2D eigenvalue weighted by molar-refractivity contribution is 0.879. The second-order valence-corrected chi connectivity index (χ2v) is 5.32. The fourth-order valence-corrected chi connectivity index (χ4v) is 2.25. The average molecular weight is 433 g/mol. The van der Waals surface area contributed by atoms with Crippen LogP contribution in [0.3, 0.4) is 0 Å². The van der Waals surface area contributed by atoms with E-state index in [1.54, 1.807) is 6.20 Å². The standard InChI is InChI=1S/C18H19N5.HI/c1-14-6-5-7-16(10-14)22-18(19)20-11-15-12-21-23(13-15)17-8-3-2-4-9-17;/h2-10,12-13H,11H2,1H3,(H3,19,20,22);1H. The number of rotatable bonds is 4. The van der Waals surface area contributed by atoms with Gasteiger partial charge in [0.05, 0.1) is 18.4 Å². The quantitative estimate of drug-likeness (QED) is 0.375. The number of hydrogen-bond acceptors (Lipinski definition) is 2. The zero-order valence-corrected chi connectivity index (χ0v) is 15.7. The smallest absolute Gasteiger partial charge is 0.193 e. The Morgan fingerprint density at radius 1 is 1.17 bits per heavy atom. The van der Waals surface area contributed by atoms with Crippen LogP contribution < -0.4 is 11.1 Å². The zero-order chi connectivity index (χ0) is 16.1. The maximum atomic E-state index is 5.93. The van der Waals surface area contributed by atoms with E-state index in [0.717, 1.165) is 16.9 Å². The lowest BCUT2D eigenvalue weighted by Gasteiger charge is -2.05. The van der Waals surface area contributed by atoms with E-state index in [0.29, 0.717) is 12.5 Å². The Bertz CT molecular complexity index is 811. The molecule has 0 saturated carbocycles. The Kier molecular flexibility index (Phi) is 6.36. The highest BCUT2D eigenvalue weighted by atomic mass is 127. The van der Waals surface area contributed by atoms with Crippen LogP contribution in [0.5, 0.6) is 0 Å². The molecule has 5 nitrogen and oxygen atoms in total. The molecule has 0 aliphatic rings. The number of hydrogen-bond donors (Lipinski definition) is 2. The molecule has 6 heteroatoms. The Hall–Kier alpha value is -2.35. The monoisotopic (exact) mass is 433 g/mol. The number of nitrogens with one attached hydrogen (secondary N) is 1. The van der Waals surface area contributed by atoms with E-state index in [4.69, 9.17) is 5.73 Å². The van der Waals surface area contributed by atoms with Gasteiger partial charge in [0, 0.05) is 17.4 Å². The van der Waals surface area contributed by atoms with Gasteiger partial charge in [0.2, 0.25) is 0 Å². The molecule has 0 aliphatic heterocycles. The van der Waals surface area contributed by atoms with Gasteiger partial charge in [-0.05, 0) is 36.8 Å². The highest BCUT2D eigenvalue weighted by Crippen LogP contribution is 2.10. The van der Waals surface area contributed by atoms with Crippen LogP contribution in [0.4, 0.5) is 5.69 Å². The number of aryl methyl sites for hydroxylation is 1. The fourth-order valence-electron chi connectivity index (χ4n) is 2.25. The van der Waals surface area contributed by atoms with Gasteiger partial charge in [0.15, 0.2) is 5.96 Å². The van der Waals surface area contributed by atoms with Crippen molar-refractivity contribution in [1.82, 2.24) is 9.78 Å². The maximum absolute atomic E-state index is 5.93. The van der Waals surface area contributed by atoms with Crippen LogP contribution in [0.1, 0.15) is 11.1 Å². The van der Waals surface area contributed by atoms with Crippen LogP contribution in [0.15, 0.2) is 72.0 Å². The third-order valence-electron chi connectivity index (χ3n) is 3.38. The minimum atomic E-state index is 0. The first-order chi connectivity index (χ1) is 11.2. The van der Waals surface area contributed by atoms with Crippen LogP contribution in [-0.2, 0) is 6.54 Å². The maximum Gasteiger partial charge on any atom is 0.193 e. The van der Waals surface area contributed by atoms with Crippen LogP contribution in [-0.4, -0.2) is 15.7 Å². The summed E-state index contributed by atoms with van der Waals surface area (Å²) >= 11 is 0. The Labute approximate surface area is 158 Å². The molecule has 0 saturated heterocycles. The van der Waals surface area contributed by atoms with Gasteiger partial charge in [-0.2, -0.15) is 5.10 Å². The predicted molar refractivity (Wildman–Crippen MR) is 109 cm³/mol. The number of benzene rings is 2. The van der Waals surface area contributed by atoms with Crippen molar-refractivity contribution < 1.29 is 0 Å². The highest BCUT2D eigenvalue weighted by molar-refractivity contribution is 14.0. The molecule has 3 aromatic rings. The summed E-state index contributed by atoms with van der Waals surface area (Å²) in [6.07, 6.45) is 3.76. The summed E-state index contributed by atoms with van der Waals surface area (Å²) in [6.45, 7) is 2.52. The molecule has 0 spiro atoms. The number of halogens is 1. The van der Waals surface area contributed by atoms with Crippen molar-refractivity contribution in [2.45, 2.75) is 13.5 Å². The molecule has 1 aromatic heterocycles. The summed E-state index contributed by atoms with van der Waals surface area (Å²) in [4.78, 5) is 4.36. The minimum Gasteiger partial charge on any atom is -0.370 e. The zero-order valence-electron chi connectivity index (χ0n) is 13.4. The molecule has 24 heavy (non-hydrogen) atoms. The van der Waals surface area contributed by atoms with Crippen LogP contribution in [0.2, 0.25) is 0 Å². The Morgan fingerprint density at radius 3 is 2.71 bits per heavy atom. The summed E-state index contributed by atoms with van der Waals surface area (Å²) in [5.41, 5.74) is 10.1. The van der Waals surface area contributed by atoms with Gasteiger partial charge in [0.1, 0.15) is 0 Å². The van der Waals surface area contributed by atoms with E-state index in [2.05, 4.69) is 15.4 Å². The second kappa shape index (κ2) is 8.49. The summed E-state index contributed by atoms with van der Waals surface area (Å²) < 4.78 is 1.83. The van der Waals surface area contributed by atoms with E-state index in [9.17, 15) is 0 Å². The molecule has 0 amide bonds. The molecule has 0 bridgehead atoms. The first-order valence-corrected chi connectivity index (χ1v) is 7.43. The lowest BCUT2D eigenvalue weighted by Crippen LogP contribution is -2.22. The molecule has 0 aliphatic carbocycles. The van der Waals surface area contributed by atoms with E-state index in [1.165, 1.54) is 5.56 Å². The first-order valence-electron chi connectivity index (χ1n) is 7.43. The van der Waals surface area contributed by atoms with Crippen molar-refractivity contribution >= 4 is 35.6 Å². The van der Waals surface area contributed by atoms with Crippen LogP contribution in [0.25, 0.3) is 5.69 Å². The van der Waals surface area contributed by atoms with Crippen LogP contribution in [0, 0.1) is 6.92 Å². The van der Waals surface area contributed by atoms with Gasteiger partial charge in [-0.15, -0.1) is 24.0 Å². The number of para-hydroxylation sites is 1. The summed E-state index contributed by atoms with van der Waals surface area (Å²) in [5.74, 6) is 0.392. The molecule has 0 atom stereocenters. The van der Waals surface area contributed by atoms with Gasteiger partial charge >= 0.3 is 0 Å². The number of nitrogens with zero attached hydrogens (tertiary/aromatic N) is 3. The molecule has 124 valence electrons. The Balaban J connectivity index is 0.00000208. The molecule has 2 aromatic carbocycles. The van der Waals surface area contributed by atoms with Gasteiger partial charge < -0.3 is 11.1 Å². The molecular weight excluding hydrogens is 413 g/mol. The van der Waals surface area contributed by atoms with E-state index >= 15 is 0 Å². The number of aliphatic imine (C=N–C) groups is 1. The van der Waals surface area contributed by atoms with Gasteiger partial charge in [-0.3, -0.25) is 0 Å². The topological polar surface area (TPSA) is 68.2 Å². The largest absolute Gasteiger partial charge is 0.370 e. The van der Waals surface area contributed by atoms with E-state index in [1.807, 2.05) is 72.4 Å². The predicted octanol–water partition coefficient (Wildman–Crippen LogP) is 3.73. The molecular formula is C18H20IN5. The summed E-state index contributed by atoms with van der Waals surface area (Å²) in [6, 6.07) is 18.0. The second-order valence-electron chi connectivity index (χ2n) is 5.32.